The Morgan fingerprint density at radius 1 is 1.50 bits per heavy atom. The molecule has 64 valence electrons. The minimum atomic E-state index is 0.548. The maximum atomic E-state index is 4.18. The van der Waals surface area contributed by atoms with Crippen molar-refractivity contribution in [1.82, 2.24) is 10.3 Å². The smallest absolute Gasteiger partial charge is 0.0401 e. The Bertz CT molecular complexity index is 269. The molecule has 2 nitrogen and oxygen atoms in total. The van der Waals surface area contributed by atoms with Crippen LogP contribution in [0.4, 0.5) is 0 Å². The van der Waals surface area contributed by atoms with Crippen LogP contribution in [0.3, 0.4) is 0 Å². The normalized spacial score (nSPS) is 22.9. The van der Waals surface area contributed by atoms with E-state index in [0.717, 1.165) is 6.54 Å². The highest BCUT2D eigenvalue weighted by Crippen LogP contribution is 2.22. The summed E-state index contributed by atoms with van der Waals surface area (Å²) in [6.45, 7) is 1.15. The van der Waals surface area contributed by atoms with E-state index in [9.17, 15) is 0 Å². The van der Waals surface area contributed by atoms with E-state index in [1.165, 1.54) is 22.0 Å². The lowest BCUT2D eigenvalue weighted by Gasteiger charge is -2.09. The Kier molecular flexibility index (Phi) is 2.60. The second-order valence-corrected chi connectivity index (χ2v) is 4.33. The third-order valence-corrected chi connectivity index (χ3v) is 2.78. The molecule has 0 bridgehead atoms. The molecule has 1 aromatic heterocycles. The maximum Gasteiger partial charge on any atom is 0.0401 e. The van der Waals surface area contributed by atoms with Gasteiger partial charge in [-0.05, 0) is 53.6 Å². The number of nitrogens with one attached hydrogen (secondary N) is 1. The van der Waals surface area contributed by atoms with Gasteiger partial charge < -0.3 is 5.32 Å². The van der Waals surface area contributed by atoms with E-state index in [4.69, 9.17) is 0 Å². The molecule has 1 aliphatic rings. The zero-order valence-electron chi connectivity index (χ0n) is 6.76. The van der Waals surface area contributed by atoms with Crippen molar-refractivity contribution in [2.75, 3.05) is 6.54 Å². The molecule has 0 unspecified atom stereocenters. The van der Waals surface area contributed by atoms with Gasteiger partial charge in [-0.3, -0.25) is 4.98 Å². The fraction of sp³-hybridized carbons (Fsp3) is 0.444. The van der Waals surface area contributed by atoms with Crippen LogP contribution < -0.4 is 5.32 Å². The maximum absolute atomic E-state index is 4.18. The highest BCUT2D eigenvalue weighted by Gasteiger charge is 2.15. The summed E-state index contributed by atoms with van der Waals surface area (Å²) in [6, 6.07) is 2.75. The number of hydrogen-bond acceptors (Lipinski definition) is 2. The number of nitrogens with zero attached hydrogens (tertiary/aromatic N) is 1. The fourth-order valence-electron chi connectivity index (χ4n) is 1.59. The van der Waals surface area contributed by atoms with E-state index in [-0.39, 0.29) is 0 Å². The molecule has 1 N–H and O–H groups in total. The second kappa shape index (κ2) is 3.70. The third kappa shape index (κ3) is 1.77. The van der Waals surface area contributed by atoms with Crippen LogP contribution in [-0.4, -0.2) is 11.5 Å². The summed E-state index contributed by atoms with van der Waals surface area (Å²) in [4.78, 5) is 4.18. The predicted molar refractivity (Wildman–Crippen MR) is 56.9 cm³/mol. The summed E-state index contributed by atoms with van der Waals surface area (Å²) in [7, 11) is 0. The van der Waals surface area contributed by atoms with Crippen molar-refractivity contribution >= 4 is 22.6 Å². The first-order valence-corrected chi connectivity index (χ1v) is 5.28. The van der Waals surface area contributed by atoms with E-state index in [2.05, 4.69) is 39.0 Å². The van der Waals surface area contributed by atoms with Gasteiger partial charge in [-0.15, -0.1) is 0 Å². The average molecular weight is 274 g/mol. The molecule has 1 fully saturated rings. The minimum Gasteiger partial charge on any atom is -0.310 e. The van der Waals surface area contributed by atoms with Gasteiger partial charge in [0, 0.05) is 22.0 Å². The van der Waals surface area contributed by atoms with E-state index in [1.54, 1.807) is 0 Å². The molecular formula is C9H11IN2. The lowest BCUT2D eigenvalue weighted by atomic mass is 10.1. The summed E-state index contributed by atoms with van der Waals surface area (Å²) in [5.41, 5.74) is 1.33. The Labute approximate surface area is 85.9 Å². The fourth-order valence-corrected chi connectivity index (χ4v) is 2.11. The molecule has 2 heterocycles. The quantitative estimate of drug-likeness (QED) is 0.793. The largest absolute Gasteiger partial charge is 0.310 e. The summed E-state index contributed by atoms with van der Waals surface area (Å²) in [5, 5.41) is 3.46. The van der Waals surface area contributed by atoms with Gasteiger partial charge in [0.15, 0.2) is 0 Å². The number of rotatable bonds is 1. The first-order valence-electron chi connectivity index (χ1n) is 4.20. The summed E-state index contributed by atoms with van der Waals surface area (Å²) >= 11 is 2.30. The highest BCUT2D eigenvalue weighted by atomic mass is 127. The van der Waals surface area contributed by atoms with E-state index >= 15 is 0 Å². The highest BCUT2D eigenvalue weighted by molar-refractivity contribution is 14.1. The van der Waals surface area contributed by atoms with Gasteiger partial charge in [0.2, 0.25) is 0 Å². The van der Waals surface area contributed by atoms with E-state index in [0.29, 0.717) is 6.04 Å². The van der Waals surface area contributed by atoms with Crippen molar-refractivity contribution in [3.05, 3.63) is 27.6 Å². The van der Waals surface area contributed by atoms with Crippen molar-refractivity contribution < 1.29 is 0 Å². The lowest BCUT2D eigenvalue weighted by molar-refractivity contribution is 0.644. The summed E-state index contributed by atoms with van der Waals surface area (Å²) in [6.07, 6.45) is 6.39. The number of aromatic nitrogens is 1. The Balaban J connectivity index is 2.21. The van der Waals surface area contributed by atoms with Gasteiger partial charge in [-0.2, -0.15) is 0 Å². The van der Waals surface area contributed by atoms with Gasteiger partial charge in [0.05, 0.1) is 0 Å². The lowest BCUT2D eigenvalue weighted by Crippen LogP contribution is -2.13. The van der Waals surface area contributed by atoms with Gasteiger partial charge >= 0.3 is 0 Å². The zero-order valence-corrected chi connectivity index (χ0v) is 8.91. The molecular weight excluding hydrogens is 263 g/mol. The molecule has 2 rings (SSSR count). The topological polar surface area (TPSA) is 24.9 Å². The van der Waals surface area contributed by atoms with Gasteiger partial charge in [0.25, 0.3) is 0 Å². The van der Waals surface area contributed by atoms with Crippen LogP contribution in [0.25, 0.3) is 0 Å². The van der Waals surface area contributed by atoms with Crippen molar-refractivity contribution in [3.63, 3.8) is 0 Å². The Morgan fingerprint density at radius 3 is 3.08 bits per heavy atom. The average Bonchev–Trinajstić information content (AvgIpc) is 2.56. The first kappa shape index (κ1) is 8.44. The van der Waals surface area contributed by atoms with Gasteiger partial charge in [0.1, 0.15) is 0 Å². The summed E-state index contributed by atoms with van der Waals surface area (Å²) in [5.74, 6) is 0. The van der Waals surface area contributed by atoms with Crippen LogP contribution >= 0.6 is 22.6 Å². The van der Waals surface area contributed by atoms with Crippen LogP contribution in [-0.2, 0) is 0 Å². The molecule has 1 aromatic rings. The second-order valence-electron chi connectivity index (χ2n) is 3.09. The zero-order chi connectivity index (χ0) is 8.39. The molecule has 1 saturated heterocycles. The summed E-state index contributed by atoms with van der Waals surface area (Å²) < 4.78 is 1.22. The van der Waals surface area contributed by atoms with E-state index < -0.39 is 0 Å². The first-order chi connectivity index (χ1) is 5.86. The molecule has 0 amide bonds. The SMILES string of the molecule is Ic1cncc([C@@H]2CCCN2)c1. The van der Waals surface area contributed by atoms with Crippen molar-refractivity contribution in [1.29, 1.82) is 0 Å². The van der Waals surface area contributed by atoms with Crippen molar-refractivity contribution in [2.45, 2.75) is 18.9 Å². The molecule has 0 spiro atoms. The minimum absolute atomic E-state index is 0.548. The van der Waals surface area contributed by atoms with Gasteiger partial charge in [-0.1, -0.05) is 0 Å². The predicted octanol–water partition coefficient (Wildman–Crippen LogP) is 2.11. The molecule has 0 radical (unpaired) electrons. The molecule has 1 aliphatic heterocycles. The molecule has 0 aliphatic carbocycles. The molecule has 12 heavy (non-hydrogen) atoms. The number of pyridine rings is 1. The molecule has 1 atom stereocenters. The number of hydrogen-bond donors (Lipinski definition) is 1. The van der Waals surface area contributed by atoms with Crippen LogP contribution in [0.5, 0.6) is 0 Å². The van der Waals surface area contributed by atoms with E-state index in [1.807, 2.05) is 12.4 Å². The monoisotopic (exact) mass is 274 g/mol. The van der Waals surface area contributed by atoms with Crippen LogP contribution in [0.1, 0.15) is 24.4 Å². The van der Waals surface area contributed by atoms with Crippen LogP contribution in [0, 0.1) is 3.57 Å². The molecule has 0 aromatic carbocycles. The Hall–Kier alpha value is -0.160. The van der Waals surface area contributed by atoms with Crippen LogP contribution in [0.15, 0.2) is 18.5 Å². The number of halogens is 1. The van der Waals surface area contributed by atoms with Gasteiger partial charge in [-0.25, -0.2) is 0 Å². The standard InChI is InChI=1S/C9H11IN2/c10-8-4-7(5-11-6-8)9-2-1-3-12-9/h4-6,9,12H,1-3H2/t9-/m0/s1. The van der Waals surface area contributed by atoms with Crippen LogP contribution in [0.2, 0.25) is 0 Å². The Morgan fingerprint density at radius 2 is 2.42 bits per heavy atom. The molecule has 3 heteroatoms. The van der Waals surface area contributed by atoms with Crippen molar-refractivity contribution in [3.8, 4) is 0 Å². The van der Waals surface area contributed by atoms with Crippen molar-refractivity contribution in [2.24, 2.45) is 0 Å². The molecule has 0 saturated carbocycles. The third-order valence-electron chi connectivity index (χ3n) is 2.19.